The molecule has 0 spiro atoms. The molecule has 1 fully saturated rings. The molecular formula is C10H12NO. The minimum atomic E-state index is 0.264. The van der Waals surface area contributed by atoms with Gasteiger partial charge in [0, 0.05) is 6.54 Å². The fourth-order valence-electron chi connectivity index (χ4n) is 1.40. The molecule has 2 heteroatoms. The first kappa shape index (κ1) is 7.77. The van der Waals surface area contributed by atoms with Crippen LogP contribution < -0.4 is 5.32 Å². The van der Waals surface area contributed by atoms with Gasteiger partial charge in [-0.05, 0) is 5.56 Å². The second-order valence-corrected chi connectivity index (χ2v) is 2.91. The summed E-state index contributed by atoms with van der Waals surface area (Å²) in [6.07, 6.45) is 0. The van der Waals surface area contributed by atoms with Crippen molar-refractivity contribution in [3.05, 3.63) is 35.9 Å². The molecule has 63 valence electrons. The van der Waals surface area contributed by atoms with Gasteiger partial charge in [-0.2, -0.15) is 0 Å². The first-order valence-corrected chi connectivity index (χ1v) is 4.26. The van der Waals surface area contributed by atoms with Crippen LogP contribution in [0, 0.1) is 0 Å². The minimum absolute atomic E-state index is 0.264. The van der Waals surface area contributed by atoms with E-state index in [0.29, 0.717) is 0 Å². The molecule has 1 radical (unpaired) electrons. The predicted octanol–water partition coefficient (Wildman–Crippen LogP) is 1.36. The second kappa shape index (κ2) is 3.70. The lowest BCUT2D eigenvalue weighted by Crippen LogP contribution is -2.29. The molecule has 1 aromatic rings. The fourth-order valence-corrected chi connectivity index (χ4v) is 1.40. The normalized spacial score (nSPS) is 23.8. The number of nitrogens with zero attached hydrogens (tertiary/aromatic N) is 1. The van der Waals surface area contributed by atoms with Crippen LogP contribution in [-0.2, 0) is 4.74 Å². The molecule has 2 rings (SSSR count). The van der Waals surface area contributed by atoms with Gasteiger partial charge in [-0.25, -0.2) is 5.32 Å². The Labute approximate surface area is 72.5 Å². The van der Waals surface area contributed by atoms with Gasteiger partial charge in [0.05, 0.1) is 19.3 Å². The lowest BCUT2D eigenvalue weighted by atomic mass is 10.1. The summed E-state index contributed by atoms with van der Waals surface area (Å²) in [5.41, 5.74) is 1.26. The molecule has 1 atom stereocenters. The molecule has 1 heterocycles. The van der Waals surface area contributed by atoms with E-state index in [-0.39, 0.29) is 6.04 Å². The molecule has 1 aliphatic heterocycles. The lowest BCUT2D eigenvalue weighted by Gasteiger charge is -2.22. The third-order valence-corrected chi connectivity index (χ3v) is 2.05. The summed E-state index contributed by atoms with van der Waals surface area (Å²) < 4.78 is 5.34. The van der Waals surface area contributed by atoms with Crippen molar-refractivity contribution in [1.29, 1.82) is 0 Å². The molecule has 1 aromatic carbocycles. The zero-order valence-electron chi connectivity index (χ0n) is 6.94. The van der Waals surface area contributed by atoms with Crippen LogP contribution >= 0.6 is 0 Å². The maximum atomic E-state index is 5.34. The van der Waals surface area contributed by atoms with Crippen molar-refractivity contribution >= 4 is 0 Å². The van der Waals surface area contributed by atoms with Crippen LogP contribution in [0.3, 0.4) is 0 Å². The van der Waals surface area contributed by atoms with Gasteiger partial charge in [0.15, 0.2) is 0 Å². The third kappa shape index (κ3) is 1.65. The summed E-state index contributed by atoms with van der Waals surface area (Å²) in [6, 6.07) is 10.6. The Morgan fingerprint density at radius 2 is 2.08 bits per heavy atom. The smallest absolute Gasteiger partial charge is 0.0730 e. The molecule has 0 amide bonds. The molecule has 0 N–H and O–H groups in total. The van der Waals surface area contributed by atoms with Crippen molar-refractivity contribution < 1.29 is 4.74 Å². The topological polar surface area (TPSA) is 23.3 Å². The highest BCUT2D eigenvalue weighted by atomic mass is 16.5. The molecule has 0 aliphatic carbocycles. The van der Waals surface area contributed by atoms with Crippen molar-refractivity contribution in [2.75, 3.05) is 19.8 Å². The van der Waals surface area contributed by atoms with Crippen LogP contribution in [0.15, 0.2) is 30.3 Å². The minimum Gasteiger partial charge on any atom is -0.378 e. The van der Waals surface area contributed by atoms with Gasteiger partial charge in [-0.15, -0.1) is 0 Å². The number of morpholine rings is 1. The summed E-state index contributed by atoms with van der Waals surface area (Å²) in [5, 5.41) is 4.47. The van der Waals surface area contributed by atoms with E-state index in [2.05, 4.69) is 17.4 Å². The number of hydrogen-bond donors (Lipinski definition) is 0. The average molecular weight is 162 g/mol. The first-order valence-electron chi connectivity index (χ1n) is 4.26. The molecule has 0 aromatic heterocycles. The van der Waals surface area contributed by atoms with Crippen LogP contribution in [0.1, 0.15) is 11.6 Å². The highest BCUT2D eigenvalue weighted by Gasteiger charge is 2.15. The Hall–Kier alpha value is -0.860. The predicted molar refractivity (Wildman–Crippen MR) is 47.0 cm³/mol. The van der Waals surface area contributed by atoms with Crippen molar-refractivity contribution in [3.8, 4) is 0 Å². The largest absolute Gasteiger partial charge is 0.378 e. The molecule has 0 saturated carbocycles. The zero-order valence-corrected chi connectivity index (χ0v) is 6.94. The van der Waals surface area contributed by atoms with Gasteiger partial charge in [-0.3, -0.25) is 0 Å². The molecular weight excluding hydrogens is 150 g/mol. The first-order chi connectivity index (χ1) is 5.97. The molecule has 1 unspecified atom stereocenters. The highest BCUT2D eigenvalue weighted by molar-refractivity contribution is 5.19. The van der Waals surface area contributed by atoms with Gasteiger partial charge < -0.3 is 4.74 Å². The van der Waals surface area contributed by atoms with E-state index in [1.165, 1.54) is 5.56 Å². The summed E-state index contributed by atoms with van der Waals surface area (Å²) in [6.45, 7) is 2.35. The van der Waals surface area contributed by atoms with Gasteiger partial charge in [-0.1, -0.05) is 30.3 Å². The maximum absolute atomic E-state index is 5.34. The zero-order chi connectivity index (χ0) is 8.23. The van der Waals surface area contributed by atoms with E-state index in [9.17, 15) is 0 Å². The third-order valence-electron chi connectivity index (χ3n) is 2.05. The molecule has 2 nitrogen and oxygen atoms in total. The van der Waals surface area contributed by atoms with Gasteiger partial charge in [0.25, 0.3) is 0 Å². The molecule has 1 aliphatic rings. The Kier molecular flexibility index (Phi) is 2.39. The van der Waals surface area contributed by atoms with Crippen LogP contribution in [0.2, 0.25) is 0 Å². The summed E-state index contributed by atoms with van der Waals surface area (Å²) in [7, 11) is 0. The van der Waals surface area contributed by atoms with E-state index >= 15 is 0 Å². The Bertz CT molecular complexity index is 229. The second-order valence-electron chi connectivity index (χ2n) is 2.91. The molecule has 1 saturated heterocycles. The van der Waals surface area contributed by atoms with Crippen molar-refractivity contribution in [1.82, 2.24) is 5.32 Å². The molecule has 0 bridgehead atoms. The quantitative estimate of drug-likeness (QED) is 0.611. The summed E-state index contributed by atoms with van der Waals surface area (Å²) in [4.78, 5) is 0. The van der Waals surface area contributed by atoms with E-state index in [4.69, 9.17) is 4.74 Å². The van der Waals surface area contributed by atoms with Crippen molar-refractivity contribution in [3.63, 3.8) is 0 Å². The molecule has 12 heavy (non-hydrogen) atoms. The standard InChI is InChI=1S/C10H12NO/c1-2-4-9(5-3-1)10-8-12-7-6-11-10/h1-5,10H,6-8H2. The Morgan fingerprint density at radius 3 is 2.75 bits per heavy atom. The van der Waals surface area contributed by atoms with Crippen molar-refractivity contribution in [2.45, 2.75) is 6.04 Å². The lowest BCUT2D eigenvalue weighted by molar-refractivity contribution is 0.0745. The van der Waals surface area contributed by atoms with Crippen LogP contribution in [0.5, 0.6) is 0 Å². The van der Waals surface area contributed by atoms with E-state index in [1.807, 2.05) is 18.2 Å². The van der Waals surface area contributed by atoms with Gasteiger partial charge in [0.1, 0.15) is 0 Å². The number of rotatable bonds is 1. The van der Waals surface area contributed by atoms with E-state index in [1.54, 1.807) is 0 Å². The number of hydrogen-bond acceptors (Lipinski definition) is 1. The summed E-state index contributed by atoms with van der Waals surface area (Å²) in [5.74, 6) is 0. The van der Waals surface area contributed by atoms with Crippen LogP contribution in [0.4, 0.5) is 0 Å². The fraction of sp³-hybridized carbons (Fsp3) is 0.400. The number of benzene rings is 1. The SMILES string of the molecule is c1ccc(C2COCC[N]2)cc1. The van der Waals surface area contributed by atoms with E-state index in [0.717, 1.165) is 19.8 Å². The Balaban J connectivity index is 2.08. The van der Waals surface area contributed by atoms with Crippen molar-refractivity contribution in [2.24, 2.45) is 0 Å². The van der Waals surface area contributed by atoms with E-state index < -0.39 is 0 Å². The van der Waals surface area contributed by atoms with Crippen LogP contribution in [0.25, 0.3) is 0 Å². The number of ether oxygens (including phenoxy) is 1. The monoisotopic (exact) mass is 162 g/mol. The average Bonchev–Trinajstić information content (AvgIpc) is 2.21. The Morgan fingerprint density at radius 1 is 1.25 bits per heavy atom. The summed E-state index contributed by atoms with van der Waals surface area (Å²) >= 11 is 0. The van der Waals surface area contributed by atoms with Gasteiger partial charge in [0.2, 0.25) is 0 Å². The van der Waals surface area contributed by atoms with Crippen LogP contribution in [-0.4, -0.2) is 19.8 Å². The van der Waals surface area contributed by atoms with Gasteiger partial charge >= 0.3 is 0 Å². The highest BCUT2D eigenvalue weighted by Crippen LogP contribution is 2.15. The maximum Gasteiger partial charge on any atom is 0.0730 e.